The second-order valence-corrected chi connectivity index (χ2v) is 7.25. The minimum absolute atomic E-state index is 0.0357. The number of aromatic nitrogens is 2. The van der Waals surface area contributed by atoms with Crippen molar-refractivity contribution in [3.8, 4) is 0 Å². The van der Waals surface area contributed by atoms with Crippen molar-refractivity contribution < 1.29 is 4.79 Å². The van der Waals surface area contributed by atoms with Gasteiger partial charge in [0, 0.05) is 31.4 Å². The van der Waals surface area contributed by atoms with E-state index < -0.39 is 0 Å². The fourth-order valence-corrected chi connectivity index (χ4v) is 3.29. The predicted octanol–water partition coefficient (Wildman–Crippen LogP) is 3.23. The quantitative estimate of drug-likeness (QED) is 0.846. The second-order valence-electron chi connectivity index (χ2n) is 6.81. The summed E-state index contributed by atoms with van der Waals surface area (Å²) in [7, 11) is 1.81. The first-order chi connectivity index (χ1) is 12.6. The van der Waals surface area contributed by atoms with Crippen LogP contribution in [0.15, 0.2) is 42.7 Å². The zero-order valence-electron chi connectivity index (χ0n) is 15.1. The first-order valence-corrected chi connectivity index (χ1v) is 9.39. The number of amides is 1. The molecule has 1 aliphatic heterocycles. The van der Waals surface area contributed by atoms with Crippen LogP contribution in [-0.4, -0.2) is 46.8 Å². The molecule has 1 amide bonds. The number of carbonyl (C=O) groups excluding carboxylic acids is 1. The number of piperidine rings is 1. The lowest BCUT2D eigenvalue weighted by molar-refractivity contribution is 0.0937. The number of likely N-dealkylation sites (tertiary alicyclic amines) is 1. The minimum atomic E-state index is -0.0357. The molecular formula is C20H25ClN4O. The van der Waals surface area contributed by atoms with Crippen LogP contribution in [-0.2, 0) is 7.05 Å². The lowest BCUT2D eigenvalue weighted by Crippen LogP contribution is -2.38. The van der Waals surface area contributed by atoms with Gasteiger partial charge in [-0.15, -0.1) is 0 Å². The molecule has 6 heteroatoms. The van der Waals surface area contributed by atoms with Gasteiger partial charge in [-0.05, 0) is 49.5 Å². The average Bonchev–Trinajstić information content (AvgIpc) is 3.09. The molecule has 1 aliphatic rings. The highest BCUT2D eigenvalue weighted by Gasteiger charge is 2.19. The second kappa shape index (κ2) is 9.01. The first-order valence-electron chi connectivity index (χ1n) is 9.01. The van der Waals surface area contributed by atoms with Crippen LogP contribution in [0.5, 0.6) is 0 Å². The molecule has 1 saturated heterocycles. The van der Waals surface area contributed by atoms with E-state index in [1.54, 1.807) is 17.1 Å². The molecule has 0 unspecified atom stereocenters. The van der Waals surface area contributed by atoms with Crippen LogP contribution in [0, 0.1) is 5.92 Å². The van der Waals surface area contributed by atoms with Gasteiger partial charge < -0.3 is 5.32 Å². The third-order valence-electron chi connectivity index (χ3n) is 4.77. The van der Waals surface area contributed by atoms with Crippen molar-refractivity contribution in [1.82, 2.24) is 20.0 Å². The number of nitrogens with zero attached hydrogens (tertiary/aromatic N) is 3. The van der Waals surface area contributed by atoms with Gasteiger partial charge in [-0.1, -0.05) is 35.9 Å². The number of carbonyl (C=O) groups is 1. The smallest absolute Gasteiger partial charge is 0.254 e. The van der Waals surface area contributed by atoms with Crippen LogP contribution >= 0.6 is 11.6 Å². The Morgan fingerprint density at radius 2 is 2.04 bits per heavy atom. The normalized spacial score (nSPS) is 16.2. The van der Waals surface area contributed by atoms with E-state index in [1.165, 1.54) is 5.56 Å². The van der Waals surface area contributed by atoms with E-state index >= 15 is 0 Å². The number of nitrogens with one attached hydrogen (secondary N) is 1. The van der Waals surface area contributed by atoms with E-state index in [-0.39, 0.29) is 5.91 Å². The van der Waals surface area contributed by atoms with E-state index in [1.807, 2.05) is 31.3 Å². The summed E-state index contributed by atoms with van der Waals surface area (Å²) in [5.74, 6) is 0.513. The Bertz CT molecular complexity index is 745. The van der Waals surface area contributed by atoms with E-state index in [4.69, 9.17) is 11.6 Å². The highest BCUT2D eigenvalue weighted by Crippen LogP contribution is 2.17. The molecule has 0 bridgehead atoms. The molecule has 138 valence electrons. The molecule has 0 atom stereocenters. The van der Waals surface area contributed by atoms with Crippen LogP contribution in [0.3, 0.4) is 0 Å². The van der Waals surface area contributed by atoms with Gasteiger partial charge in [-0.3, -0.25) is 14.4 Å². The van der Waals surface area contributed by atoms with Crippen molar-refractivity contribution >= 4 is 23.6 Å². The van der Waals surface area contributed by atoms with Crippen LogP contribution in [0.25, 0.3) is 6.08 Å². The van der Waals surface area contributed by atoms with E-state index in [2.05, 4.69) is 27.5 Å². The number of halogens is 1. The van der Waals surface area contributed by atoms with Crippen LogP contribution in [0.2, 0.25) is 5.02 Å². The number of benzene rings is 1. The van der Waals surface area contributed by atoms with Crippen LogP contribution < -0.4 is 5.32 Å². The zero-order valence-corrected chi connectivity index (χ0v) is 15.8. The van der Waals surface area contributed by atoms with Gasteiger partial charge in [-0.2, -0.15) is 5.10 Å². The summed E-state index contributed by atoms with van der Waals surface area (Å²) < 4.78 is 1.64. The van der Waals surface area contributed by atoms with Crippen molar-refractivity contribution in [3.05, 3.63) is 58.9 Å². The summed E-state index contributed by atoms with van der Waals surface area (Å²) in [5, 5.41) is 7.83. The maximum atomic E-state index is 12.1. The fraction of sp³-hybridized carbons (Fsp3) is 0.400. The number of hydrogen-bond acceptors (Lipinski definition) is 3. The molecule has 0 aliphatic carbocycles. The van der Waals surface area contributed by atoms with Crippen LogP contribution in [0.1, 0.15) is 28.8 Å². The molecule has 3 rings (SSSR count). The molecule has 0 radical (unpaired) electrons. The van der Waals surface area contributed by atoms with Crippen molar-refractivity contribution in [2.45, 2.75) is 12.8 Å². The fourth-order valence-electron chi connectivity index (χ4n) is 3.16. The number of hydrogen-bond donors (Lipinski definition) is 1. The SMILES string of the molecule is Cn1cc(C(=O)NCC2CCN(C/C=C/c3ccc(Cl)cc3)CC2)cn1. The van der Waals surface area contributed by atoms with Crippen molar-refractivity contribution in [2.75, 3.05) is 26.2 Å². The molecule has 2 aromatic rings. The maximum Gasteiger partial charge on any atom is 0.254 e. The number of aryl methyl sites for hydroxylation is 1. The Morgan fingerprint density at radius 1 is 1.31 bits per heavy atom. The van der Waals surface area contributed by atoms with Gasteiger partial charge in [0.15, 0.2) is 0 Å². The maximum absolute atomic E-state index is 12.1. The summed E-state index contributed by atoms with van der Waals surface area (Å²) in [6.07, 6.45) is 9.91. The Kier molecular flexibility index (Phi) is 6.47. The first kappa shape index (κ1) is 18.7. The largest absolute Gasteiger partial charge is 0.352 e. The van der Waals surface area contributed by atoms with Gasteiger partial charge in [0.2, 0.25) is 0 Å². The lowest BCUT2D eigenvalue weighted by atomic mass is 9.96. The van der Waals surface area contributed by atoms with Crippen LogP contribution in [0.4, 0.5) is 0 Å². The molecule has 0 saturated carbocycles. The predicted molar refractivity (Wildman–Crippen MR) is 105 cm³/mol. The topological polar surface area (TPSA) is 50.2 Å². The zero-order chi connectivity index (χ0) is 18.4. The Hall–Kier alpha value is -2.11. The van der Waals surface area contributed by atoms with Crippen molar-refractivity contribution in [2.24, 2.45) is 13.0 Å². The summed E-state index contributed by atoms with van der Waals surface area (Å²) in [6, 6.07) is 7.87. The Morgan fingerprint density at radius 3 is 2.69 bits per heavy atom. The monoisotopic (exact) mass is 372 g/mol. The van der Waals surface area contributed by atoms with Gasteiger partial charge in [0.05, 0.1) is 11.8 Å². The molecule has 26 heavy (non-hydrogen) atoms. The van der Waals surface area contributed by atoms with Gasteiger partial charge in [-0.25, -0.2) is 0 Å². The third-order valence-corrected chi connectivity index (χ3v) is 5.02. The van der Waals surface area contributed by atoms with E-state index in [0.717, 1.165) is 44.0 Å². The molecule has 1 fully saturated rings. The van der Waals surface area contributed by atoms with Gasteiger partial charge in [0.1, 0.15) is 0 Å². The summed E-state index contributed by atoms with van der Waals surface area (Å²) in [5.41, 5.74) is 1.79. The van der Waals surface area contributed by atoms with Crippen molar-refractivity contribution in [3.63, 3.8) is 0 Å². The molecule has 5 nitrogen and oxygen atoms in total. The molecule has 1 aromatic carbocycles. The van der Waals surface area contributed by atoms with E-state index in [0.29, 0.717) is 11.5 Å². The molecule has 0 spiro atoms. The number of rotatable bonds is 6. The van der Waals surface area contributed by atoms with Gasteiger partial charge in [0.25, 0.3) is 5.91 Å². The molecule has 1 aromatic heterocycles. The highest BCUT2D eigenvalue weighted by molar-refractivity contribution is 6.30. The minimum Gasteiger partial charge on any atom is -0.352 e. The summed E-state index contributed by atoms with van der Waals surface area (Å²) >= 11 is 5.90. The average molecular weight is 373 g/mol. The molecule has 2 heterocycles. The molecule has 1 N–H and O–H groups in total. The standard InChI is InChI=1S/C20H25ClN4O/c1-24-15-18(14-23-24)20(26)22-13-17-8-11-25(12-9-17)10-2-3-16-4-6-19(21)7-5-16/h2-7,14-15,17H,8-13H2,1H3,(H,22,26)/b3-2+. The van der Waals surface area contributed by atoms with E-state index in [9.17, 15) is 4.79 Å². The highest BCUT2D eigenvalue weighted by atomic mass is 35.5. The molecular weight excluding hydrogens is 348 g/mol. The Balaban J connectivity index is 1.36. The summed E-state index contributed by atoms with van der Waals surface area (Å²) in [4.78, 5) is 14.5. The third kappa shape index (κ3) is 5.44. The van der Waals surface area contributed by atoms with Crippen molar-refractivity contribution in [1.29, 1.82) is 0 Å². The Labute approximate surface area is 159 Å². The lowest BCUT2D eigenvalue weighted by Gasteiger charge is -2.31. The summed E-state index contributed by atoms with van der Waals surface area (Å²) in [6.45, 7) is 3.83. The van der Waals surface area contributed by atoms with Gasteiger partial charge >= 0.3 is 0 Å².